The Bertz CT molecular complexity index is 393. The Morgan fingerprint density at radius 3 is 2.60 bits per heavy atom. The Hall–Kier alpha value is -1.25. The fraction of sp³-hybridized carbons (Fsp3) is 0.583. The maximum Gasteiger partial charge on any atom is 0.283 e. The van der Waals surface area contributed by atoms with Crippen LogP contribution in [0.25, 0.3) is 0 Å². The van der Waals surface area contributed by atoms with Crippen molar-refractivity contribution in [3.8, 4) is 0 Å². The molecular weight excluding hydrogens is 190 g/mol. The molecule has 0 fully saturated rings. The van der Waals surface area contributed by atoms with Crippen molar-refractivity contribution >= 4 is 0 Å². The molecule has 0 amide bonds. The van der Waals surface area contributed by atoms with Gasteiger partial charge in [0.05, 0.1) is 5.69 Å². The highest BCUT2D eigenvalue weighted by Gasteiger charge is 2.10. The van der Waals surface area contributed by atoms with Crippen LogP contribution in [-0.2, 0) is 12.8 Å². The molecule has 0 aliphatic carbocycles. The van der Waals surface area contributed by atoms with Gasteiger partial charge in [0, 0.05) is 6.07 Å². The number of rotatable bonds is 4. The Balaban J connectivity index is 3.24. The number of hydrogen-bond acceptors (Lipinski definition) is 2. The van der Waals surface area contributed by atoms with Crippen molar-refractivity contribution in [2.45, 2.75) is 46.5 Å². The molecule has 1 aromatic heterocycles. The number of aromatic nitrogens is 1. The van der Waals surface area contributed by atoms with Gasteiger partial charge in [-0.15, -0.1) is 0 Å². The second kappa shape index (κ2) is 5.01. The highest BCUT2D eigenvalue weighted by molar-refractivity contribution is 5.29. The predicted molar refractivity (Wildman–Crippen MR) is 60.6 cm³/mol. The van der Waals surface area contributed by atoms with Gasteiger partial charge >= 0.3 is 0 Å². The number of nitrogens with zero attached hydrogens (tertiary/aromatic N) is 1. The minimum atomic E-state index is -0.323. The van der Waals surface area contributed by atoms with Gasteiger partial charge in [0.2, 0.25) is 0 Å². The third-order valence-electron chi connectivity index (χ3n) is 2.75. The zero-order valence-electron chi connectivity index (χ0n) is 9.71. The topological polar surface area (TPSA) is 42.2 Å². The molecule has 1 rings (SSSR count). The largest absolute Gasteiger partial charge is 0.425 e. The summed E-state index contributed by atoms with van der Waals surface area (Å²) in [4.78, 5) is 11.4. The standard InChI is InChI=1S/C12H19NO2/c1-4-6-7-11-10(5-2)9(3)8-12(14)13(11)15/h8,15H,4-7H2,1-3H3. The second-order valence-corrected chi connectivity index (χ2v) is 3.86. The molecule has 84 valence electrons. The van der Waals surface area contributed by atoms with Gasteiger partial charge < -0.3 is 5.21 Å². The molecular formula is C12H19NO2. The lowest BCUT2D eigenvalue weighted by Gasteiger charge is -2.13. The van der Waals surface area contributed by atoms with E-state index >= 15 is 0 Å². The van der Waals surface area contributed by atoms with Crippen LogP contribution in [0.2, 0.25) is 0 Å². The molecule has 0 saturated carbocycles. The molecule has 0 radical (unpaired) electrons. The van der Waals surface area contributed by atoms with Crippen LogP contribution in [0.3, 0.4) is 0 Å². The third-order valence-corrected chi connectivity index (χ3v) is 2.75. The van der Waals surface area contributed by atoms with E-state index in [-0.39, 0.29) is 5.56 Å². The highest BCUT2D eigenvalue weighted by Crippen LogP contribution is 2.14. The third kappa shape index (κ3) is 2.41. The molecule has 0 spiro atoms. The summed E-state index contributed by atoms with van der Waals surface area (Å²) in [5.74, 6) is 0. The van der Waals surface area contributed by atoms with Crippen molar-refractivity contribution in [2.24, 2.45) is 0 Å². The van der Waals surface area contributed by atoms with Crippen LogP contribution in [0.1, 0.15) is 43.5 Å². The molecule has 0 atom stereocenters. The SMILES string of the molecule is CCCCc1c(CC)c(C)cc(=O)n1O. The summed E-state index contributed by atoms with van der Waals surface area (Å²) in [6.45, 7) is 6.07. The molecule has 0 aromatic carbocycles. The summed E-state index contributed by atoms with van der Waals surface area (Å²) in [5.41, 5.74) is 2.55. The molecule has 1 aromatic rings. The van der Waals surface area contributed by atoms with Gasteiger partial charge in [-0.3, -0.25) is 4.79 Å². The second-order valence-electron chi connectivity index (χ2n) is 3.86. The molecule has 3 nitrogen and oxygen atoms in total. The summed E-state index contributed by atoms with van der Waals surface area (Å²) in [6, 6.07) is 1.49. The summed E-state index contributed by atoms with van der Waals surface area (Å²) < 4.78 is 0.807. The van der Waals surface area contributed by atoms with Crippen LogP contribution in [0, 0.1) is 6.92 Å². The molecule has 1 N–H and O–H groups in total. The van der Waals surface area contributed by atoms with E-state index in [1.165, 1.54) is 6.07 Å². The van der Waals surface area contributed by atoms with Crippen LogP contribution in [0.5, 0.6) is 0 Å². The predicted octanol–water partition coefficient (Wildman–Crippen LogP) is 2.30. The summed E-state index contributed by atoms with van der Waals surface area (Å²) in [6.07, 6.45) is 3.68. The van der Waals surface area contributed by atoms with E-state index in [4.69, 9.17) is 0 Å². The monoisotopic (exact) mass is 209 g/mol. The lowest BCUT2D eigenvalue weighted by molar-refractivity contribution is 0.163. The average molecular weight is 209 g/mol. The van der Waals surface area contributed by atoms with Gasteiger partial charge in [-0.1, -0.05) is 20.3 Å². The lowest BCUT2D eigenvalue weighted by Crippen LogP contribution is -2.23. The number of pyridine rings is 1. The zero-order valence-corrected chi connectivity index (χ0v) is 9.71. The van der Waals surface area contributed by atoms with Gasteiger partial charge in [0.1, 0.15) is 0 Å². The fourth-order valence-electron chi connectivity index (χ4n) is 1.91. The average Bonchev–Trinajstić information content (AvgIpc) is 2.21. The van der Waals surface area contributed by atoms with E-state index < -0.39 is 0 Å². The maximum atomic E-state index is 11.4. The fourth-order valence-corrected chi connectivity index (χ4v) is 1.91. The van der Waals surface area contributed by atoms with Gasteiger partial charge in [-0.2, -0.15) is 4.73 Å². The van der Waals surface area contributed by atoms with Crippen molar-refractivity contribution < 1.29 is 5.21 Å². The normalized spacial score (nSPS) is 10.6. The van der Waals surface area contributed by atoms with E-state index in [2.05, 4.69) is 6.92 Å². The minimum Gasteiger partial charge on any atom is -0.425 e. The molecule has 0 unspecified atom stereocenters. The number of aryl methyl sites for hydroxylation is 1. The Morgan fingerprint density at radius 1 is 1.40 bits per heavy atom. The molecule has 15 heavy (non-hydrogen) atoms. The Labute approximate surface area is 90.3 Å². The van der Waals surface area contributed by atoms with Gasteiger partial charge in [-0.05, 0) is 37.3 Å². The maximum absolute atomic E-state index is 11.4. The molecule has 3 heteroatoms. The van der Waals surface area contributed by atoms with E-state index in [0.29, 0.717) is 0 Å². The first kappa shape index (κ1) is 11.8. The van der Waals surface area contributed by atoms with Gasteiger partial charge in [0.25, 0.3) is 5.56 Å². The van der Waals surface area contributed by atoms with Crippen molar-refractivity contribution in [3.05, 3.63) is 33.2 Å². The highest BCUT2D eigenvalue weighted by atomic mass is 16.5. The van der Waals surface area contributed by atoms with Gasteiger partial charge in [-0.25, -0.2) is 0 Å². The quantitative estimate of drug-likeness (QED) is 0.773. The Morgan fingerprint density at radius 2 is 2.07 bits per heavy atom. The summed E-state index contributed by atoms with van der Waals surface area (Å²) in [7, 11) is 0. The Kier molecular flexibility index (Phi) is 3.95. The summed E-state index contributed by atoms with van der Waals surface area (Å²) >= 11 is 0. The molecule has 0 saturated heterocycles. The van der Waals surface area contributed by atoms with Crippen LogP contribution < -0.4 is 5.56 Å². The van der Waals surface area contributed by atoms with E-state index in [9.17, 15) is 10.0 Å². The van der Waals surface area contributed by atoms with Crippen LogP contribution in [0.15, 0.2) is 10.9 Å². The van der Waals surface area contributed by atoms with E-state index in [1.807, 2.05) is 13.8 Å². The van der Waals surface area contributed by atoms with Crippen molar-refractivity contribution in [3.63, 3.8) is 0 Å². The molecule has 0 aliphatic heterocycles. The van der Waals surface area contributed by atoms with Crippen molar-refractivity contribution in [1.82, 2.24) is 4.73 Å². The number of hydrogen-bond donors (Lipinski definition) is 1. The van der Waals surface area contributed by atoms with Crippen molar-refractivity contribution in [1.29, 1.82) is 0 Å². The van der Waals surface area contributed by atoms with E-state index in [0.717, 1.165) is 47.2 Å². The molecule has 1 heterocycles. The zero-order chi connectivity index (χ0) is 11.4. The van der Waals surface area contributed by atoms with Crippen LogP contribution in [-0.4, -0.2) is 9.94 Å². The lowest BCUT2D eigenvalue weighted by atomic mass is 10.0. The first-order valence-electron chi connectivity index (χ1n) is 5.55. The van der Waals surface area contributed by atoms with Crippen LogP contribution in [0.4, 0.5) is 0 Å². The van der Waals surface area contributed by atoms with E-state index in [1.54, 1.807) is 0 Å². The van der Waals surface area contributed by atoms with Crippen LogP contribution >= 0.6 is 0 Å². The first-order valence-corrected chi connectivity index (χ1v) is 5.55. The van der Waals surface area contributed by atoms with Crippen molar-refractivity contribution in [2.75, 3.05) is 0 Å². The molecule has 0 bridgehead atoms. The first-order chi connectivity index (χ1) is 7.11. The summed E-state index contributed by atoms with van der Waals surface area (Å²) in [5, 5.41) is 9.66. The smallest absolute Gasteiger partial charge is 0.283 e. The minimum absolute atomic E-state index is 0.323. The van der Waals surface area contributed by atoms with Gasteiger partial charge in [0.15, 0.2) is 0 Å². The number of unbranched alkanes of at least 4 members (excludes halogenated alkanes) is 1. The molecule has 0 aliphatic rings.